The van der Waals surface area contributed by atoms with Crippen molar-refractivity contribution in [2.75, 3.05) is 5.32 Å². The van der Waals surface area contributed by atoms with Crippen LogP contribution in [0.4, 0.5) is 11.6 Å². The van der Waals surface area contributed by atoms with Crippen LogP contribution in [0.2, 0.25) is 5.02 Å². The molecule has 0 saturated heterocycles. The normalized spacial score (nSPS) is 14.8. The van der Waals surface area contributed by atoms with E-state index in [1.807, 2.05) is 12.1 Å². The fraction of sp³-hybridized carbons (Fsp3) is 0.312. The molecule has 0 spiro atoms. The molecule has 3 rings (SSSR count). The van der Waals surface area contributed by atoms with Gasteiger partial charge in [-0.3, -0.25) is 4.79 Å². The molecule has 0 bridgehead atoms. The quantitative estimate of drug-likeness (QED) is 0.905. The number of nitrogens with zero attached hydrogens (tertiary/aromatic N) is 2. The van der Waals surface area contributed by atoms with Gasteiger partial charge in [0, 0.05) is 29.1 Å². The summed E-state index contributed by atoms with van der Waals surface area (Å²) in [6.07, 6.45) is 7.56. The van der Waals surface area contributed by atoms with Gasteiger partial charge in [0.1, 0.15) is 0 Å². The molecule has 1 aliphatic carbocycles. The average Bonchev–Trinajstić information content (AvgIpc) is 3.03. The van der Waals surface area contributed by atoms with Crippen molar-refractivity contribution in [1.82, 2.24) is 15.3 Å². The van der Waals surface area contributed by atoms with Gasteiger partial charge in [-0.15, -0.1) is 0 Å². The van der Waals surface area contributed by atoms with Gasteiger partial charge in [-0.2, -0.15) is 0 Å². The number of carbonyl (C=O) groups is 1. The number of hydrogen-bond donors (Lipinski definition) is 2. The molecular weight excluding hydrogens is 300 g/mol. The maximum atomic E-state index is 12.1. The Balaban J connectivity index is 1.61. The molecule has 0 aliphatic heterocycles. The Morgan fingerprint density at radius 2 is 1.73 bits per heavy atom. The molecule has 22 heavy (non-hydrogen) atoms. The minimum Gasteiger partial charge on any atom is -0.349 e. The van der Waals surface area contributed by atoms with Crippen LogP contribution in [0.15, 0.2) is 36.7 Å². The lowest BCUT2D eigenvalue weighted by atomic mass is 10.2. The molecule has 1 saturated carbocycles. The first kappa shape index (κ1) is 14.8. The lowest BCUT2D eigenvalue weighted by molar-refractivity contribution is 0.0937. The third-order valence-electron chi connectivity index (χ3n) is 3.70. The molecule has 1 aliphatic rings. The van der Waals surface area contributed by atoms with Crippen LogP contribution in [-0.2, 0) is 0 Å². The predicted octanol–water partition coefficient (Wildman–Crippen LogP) is 3.55. The Hall–Kier alpha value is -2.14. The summed E-state index contributed by atoms with van der Waals surface area (Å²) >= 11 is 5.84. The van der Waals surface area contributed by atoms with Crippen molar-refractivity contribution >= 4 is 29.1 Å². The Morgan fingerprint density at radius 1 is 1.09 bits per heavy atom. The molecule has 2 N–H and O–H groups in total. The van der Waals surface area contributed by atoms with E-state index in [2.05, 4.69) is 20.6 Å². The van der Waals surface area contributed by atoms with E-state index in [4.69, 9.17) is 11.6 Å². The van der Waals surface area contributed by atoms with Crippen LogP contribution in [0, 0.1) is 0 Å². The standard InChI is InChI=1S/C16H17ClN4O/c17-12-5-7-14(8-6-12)21-16-18-9-11(10-19-16)15(22)20-13-3-1-2-4-13/h5-10,13H,1-4H2,(H,20,22)(H,18,19,21). The van der Waals surface area contributed by atoms with Crippen LogP contribution >= 0.6 is 11.6 Å². The van der Waals surface area contributed by atoms with E-state index in [9.17, 15) is 4.79 Å². The van der Waals surface area contributed by atoms with Crippen molar-refractivity contribution < 1.29 is 4.79 Å². The summed E-state index contributed by atoms with van der Waals surface area (Å²) in [4.78, 5) is 20.4. The Kier molecular flexibility index (Phi) is 4.53. The van der Waals surface area contributed by atoms with E-state index in [1.165, 1.54) is 25.2 Å². The first-order valence-electron chi connectivity index (χ1n) is 7.36. The molecule has 2 aromatic rings. The van der Waals surface area contributed by atoms with Gasteiger partial charge in [0.25, 0.3) is 5.91 Å². The zero-order valence-corrected chi connectivity index (χ0v) is 12.8. The number of hydrogen-bond acceptors (Lipinski definition) is 4. The lowest BCUT2D eigenvalue weighted by Crippen LogP contribution is -2.32. The fourth-order valence-corrected chi connectivity index (χ4v) is 2.64. The summed E-state index contributed by atoms with van der Waals surface area (Å²) in [7, 11) is 0. The second kappa shape index (κ2) is 6.75. The maximum Gasteiger partial charge on any atom is 0.254 e. The number of aromatic nitrogens is 2. The van der Waals surface area contributed by atoms with E-state index in [1.54, 1.807) is 12.1 Å². The summed E-state index contributed by atoms with van der Waals surface area (Å²) in [5, 5.41) is 6.75. The van der Waals surface area contributed by atoms with Crippen molar-refractivity contribution in [2.24, 2.45) is 0 Å². The number of anilines is 2. The molecule has 1 aromatic carbocycles. The topological polar surface area (TPSA) is 66.9 Å². The maximum absolute atomic E-state index is 12.1. The van der Waals surface area contributed by atoms with Gasteiger partial charge >= 0.3 is 0 Å². The second-order valence-corrected chi connectivity index (χ2v) is 5.82. The van der Waals surface area contributed by atoms with E-state index >= 15 is 0 Å². The van der Waals surface area contributed by atoms with Gasteiger partial charge in [0.2, 0.25) is 5.95 Å². The third kappa shape index (κ3) is 3.74. The highest BCUT2D eigenvalue weighted by atomic mass is 35.5. The number of rotatable bonds is 4. The van der Waals surface area contributed by atoms with Crippen LogP contribution in [0.5, 0.6) is 0 Å². The molecule has 0 unspecified atom stereocenters. The Morgan fingerprint density at radius 3 is 2.36 bits per heavy atom. The monoisotopic (exact) mass is 316 g/mol. The molecule has 1 amide bonds. The minimum atomic E-state index is -0.107. The lowest BCUT2D eigenvalue weighted by Gasteiger charge is -2.11. The summed E-state index contributed by atoms with van der Waals surface area (Å²) in [6.45, 7) is 0. The van der Waals surface area contributed by atoms with Crippen molar-refractivity contribution in [1.29, 1.82) is 0 Å². The van der Waals surface area contributed by atoms with Crippen LogP contribution in [0.25, 0.3) is 0 Å². The Labute approximate surface area is 134 Å². The van der Waals surface area contributed by atoms with E-state index in [-0.39, 0.29) is 5.91 Å². The molecule has 6 heteroatoms. The number of carbonyl (C=O) groups excluding carboxylic acids is 1. The van der Waals surface area contributed by atoms with Crippen molar-refractivity contribution in [3.8, 4) is 0 Å². The molecule has 0 radical (unpaired) electrons. The number of halogens is 1. The average molecular weight is 317 g/mol. The van der Waals surface area contributed by atoms with Gasteiger partial charge in [-0.05, 0) is 37.1 Å². The molecule has 1 fully saturated rings. The predicted molar refractivity (Wildman–Crippen MR) is 86.5 cm³/mol. The SMILES string of the molecule is O=C(NC1CCCC1)c1cnc(Nc2ccc(Cl)cc2)nc1. The fourth-order valence-electron chi connectivity index (χ4n) is 2.51. The van der Waals surface area contributed by atoms with Crippen LogP contribution < -0.4 is 10.6 Å². The zero-order valence-electron chi connectivity index (χ0n) is 12.1. The third-order valence-corrected chi connectivity index (χ3v) is 3.96. The van der Waals surface area contributed by atoms with E-state index < -0.39 is 0 Å². The van der Waals surface area contributed by atoms with Crippen molar-refractivity contribution in [3.63, 3.8) is 0 Å². The van der Waals surface area contributed by atoms with Crippen LogP contribution in [-0.4, -0.2) is 21.9 Å². The highest BCUT2D eigenvalue weighted by molar-refractivity contribution is 6.30. The van der Waals surface area contributed by atoms with Gasteiger partial charge in [0.05, 0.1) is 5.56 Å². The summed E-state index contributed by atoms with van der Waals surface area (Å²) in [5.41, 5.74) is 1.32. The first-order chi connectivity index (χ1) is 10.7. The van der Waals surface area contributed by atoms with Crippen LogP contribution in [0.1, 0.15) is 36.0 Å². The highest BCUT2D eigenvalue weighted by Gasteiger charge is 2.18. The summed E-state index contributed by atoms with van der Waals surface area (Å²) in [6, 6.07) is 7.54. The second-order valence-electron chi connectivity index (χ2n) is 5.38. The van der Waals surface area contributed by atoms with Crippen molar-refractivity contribution in [3.05, 3.63) is 47.2 Å². The van der Waals surface area contributed by atoms with Crippen molar-refractivity contribution in [2.45, 2.75) is 31.7 Å². The molecule has 114 valence electrons. The minimum absolute atomic E-state index is 0.107. The molecule has 1 heterocycles. The van der Waals surface area contributed by atoms with Crippen LogP contribution in [0.3, 0.4) is 0 Å². The van der Waals surface area contributed by atoms with Gasteiger partial charge in [-0.1, -0.05) is 24.4 Å². The first-order valence-corrected chi connectivity index (χ1v) is 7.74. The van der Waals surface area contributed by atoms with Gasteiger partial charge in [0.15, 0.2) is 0 Å². The molecule has 0 atom stereocenters. The van der Waals surface area contributed by atoms with E-state index in [0.29, 0.717) is 22.6 Å². The number of benzene rings is 1. The molecule has 5 nitrogen and oxygen atoms in total. The molecular formula is C16H17ClN4O. The Bertz CT molecular complexity index is 636. The summed E-state index contributed by atoms with van der Waals surface area (Å²) in [5.74, 6) is 0.338. The smallest absolute Gasteiger partial charge is 0.254 e. The molecule has 1 aromatic heterocycles. The highest BCUT2D eigenvalue weighted by Crippen LogP contribution is 2.18. The zero-order chi connectivity index (χ0) is 15.4. The van der Waals surface area contributed by atoms with E-state index in [0.717, 1.165) is 18.5 Å². The largest absolute Gasteiger partial charge is 0.349 e. The van der Waals surface area contributed by atoms with Gasteiger partial charge in [-0.25, -0.2) is 9.97 Å². The van der Waals surface area contributed by atoms with Gasteiger partial charge < -0.3 is 10.6 Å². The number of nitrogens with one attached hydrogen (secondary N) is 2. The number of amides is 1. The summed E-state index contributed by atoms with van der Waals surface area (Å²) < 4.78 is 0.